The lowest BCUT2D eigenvalue weighted by Gasteiger charge is -2.32. The summed E-state index contributed by atoms with van der Waals surface area (Å²) in [5.74, 6) is -0.540. The van der Waals surface area contributed by atoms with Crippen LogP contribution >= 0.6 is 0 Å². The first-order valence-electron chi connectivity index (χ1n) is 10.4. The second kappa shape index (κ2) is 8.66. The van der Waals surface area contributed by atoms with Crippen molar-refractivity contribution in [1.82, 2.24) is 4.90 Å². The average Bonchev–Trinajstić information content (AvgIpc) is 3.02. The minimum Gasteiger partial charge on any atom is -0.479 e. The third-order valence-corrected chi connectivity index (χ3v) is 5.43. The Bertz CT molecular complexity index is 1090. The lowest BCUT2D eigenvalue weighted by Crippen LogP contribution is -2.44. The molecule has 8 heteroatoms. The molecule has 0 saturated carbocycles. The number of benzene rings is 2. The molecule has 0 aliphatic carbocycles. The van der Waals surface area contributed by atoms with Crippen molar-refractivity contribution in [3.05, 3.63) is 66.2 Å². The molecule has 0 aromatic heterocycles. The number of fused-ring (bicyclic) bond motifs is 2. The van der Waals surface area contributed by atoms with E-state index >= 15 is 0 Å². The zero-order valence-electron chi connectivity index (χ0n) is 17.7. The van der Waals surface area contributed by atoms with Crippen molar-refractivity contribution in [2.24, 2.45) is 0 Å². The van der Waals surface area contributed by atoms with Gasteiger partial charge in [-0.1, -0.05) is 18.2 Å². The Labute approximate surface area is 185 Å². The highest BCUT2D eigenvalue weighted by Crippen LogP contribution is 2.36. The van der Waals surface area contributed by atoms with Gasteiger partial charge in [0.1, 0.15) is 5.75 Å². The summed E-state index contributed by atoms with van der Waals surface area (Å²) >= 11 is 0. The molecule has 32 heavy (non-hydrogen) atoms. The van der Waals surface area contributed by atoms with Crippen molar-refractivity contribution in [3.8, 4) is 5.75 Å². The fourth-order valence-electron chi connectivity index (χ4n) is 3.87. The summed E-state index contributed by atoms with van der Waals surface area (Å²) in [4.78, 5) is 52.4. The molecule has 2 heterocycles. The van der Waals surface area contributed by atoms with E-state index in [1.54, 1.807) is 60.4 Å². The fourth-order valence-corrected chi connectivity index (χ4v) is 3.87. The lowest BCUT2D eigenvalue weighted by atomic mass is 10.1. The van der Waals surface area contributed by atoms with Crippen LogP contribution in [-0.2, 0) is 9.59 Å². The van der Waals surface area contributed by atoms with Gasteiger partial charge in [-0.05, 0) is 43.7 Å². The van der Waals surface area contributed by atoms with E-state index in [0.717, 1.165) is 0 Å². The van der Waals surface area contributed by atoms with Gasteiger partial charge in [-0.2, -0.15) is 0 Å². The van der Waals surface area contributed by atoms with Gasteiger partial charge < -0.3 is 15.0 Å². The molecular weight excluding hydrogens is 410 g/mol. The summed E-state index contributed by atoms with van der Waals surface area (Å²) in [5.41, 5.74) is 1.88. The number of nitrogens with one attached hydrogen (secondary N) is 1. The Kier molecular flexibility index (Phi) is 5.77. The van der Waals surface area contributed by atoms with E-state index in [1.165, 1.54) is 4.90 Å². The maximum absolute atomic E-state index is 12.4. The average molecular weight is 433 g/mol. The van der Waals surface area contributed by atoms with Crippen molar-refractivity contribution in [3.63, 3.8) is 0 Å². The zero-order chi connectivity index (χ0) is 22.8. The van der Waals surface area contributed by atoms with Gasteiger partial charge in [0.05, 0.1) is 16.8 Å². The number of nitrogens with zero attached hydrogens (tertiary/aromatic N) is 2. The van der Waals surface area contributed by atoms with Crippen molar-refractivity contribution >= 4 is 35.0 Å². The highest BCUT2D eigenvalue weighted by Gasteiger charge is 2.34. The molecule has 2 aromatic rings. The van der Waals surface area contributed by atoms with E-state index in [0.29, 0.717) is 41.2 Å². The number of carbonyl (C=O) groups excluding carboxylic acids is 4. The fraction of sp³-hybridized carbons (Fsp3) is 0.250. The van der Waals surface area contributed by atoms with Crippen molar-refractivity contribution in [1.29, 1.82) is 0 Å². The van der Waals surface area contributed by atoms with Gasteiger partial charge in [0.15, 0.2) is 6.10 Å². The molecular formula is C24H23N3O5. The minimum absolute atomic E-state index is 0.132. The van der Waals surface area contributed by atoms with E-state index in [1.807, 2.05) is 0 Å². The molecule has 1 unspecified atom stereocenters. The molecule has 2 aliphatic heterocycles. The second-order valence-electron chi connectivity index (χ2n) is 7.64. The third-order valence-electron chi connectivity index (χ3n) is 5.43. The van der Waals surface area contributed by atoms with Crippen LogP contribution in [0.2, 0.25) is 0 Å². The number of amides is 4. The van der Waals surface area contributed by atoms with Crippen LogP contribution in [0.5, 0.6) is 5.75 Å². The van der Waals surface area contributed by atoms with E-state index in [-0.39, 0.29) is 36.6 Å². The number of imide groups is 1. The maximum atomic E-state index is 12.4. The Morgan fingerprint density at radius 3 is 2.44 bits per heavy atom. The zero-order valence-corrected chi connectivity index (χ0v) is 17.7. The van der Waals surface area contributed by atoms with Crippen LogP contribution in [-0.4, -0.2) is 47.7 Å². The van der Waals surface area contributed by atoms with Crippen molar-refractivity contribution in [2.75, 3.05) is 23.3 Å². The van der Waals surface area contributed by atoms with Gasteiger partial charge in [0, 0.05) is 25.2 Å². The number of hydrogen-bond acceptors (Lipinski definition) is 5. The van der Waals surface area contributed by atoms with Gasteiger partial charge >= 0.3 is 0 Å². The summed E-state index contributed by atoms with van der Waals surface area (Å²) in [5, 5.41) is 2.80. The van der Waals surface area contributed by atoms with E-state index < -0.39 is 6.10 Å². The van der Waals surface area contributed by atoms with Crippen molar-refractivity contribution in [2.45, 2.75) is 25.9 Å². The Morgan fingerprint density at radius 1 is 1.09 bits per heavy atom. The van der Waals surface area contributed by atoms with Gasteiger partial charge in [0.2, 0.25) is 5.91 Å². The largest absolute Gasteiger partial charge is 0.479 e. The summed E-state index contributed by atoms with van der Waals surface area (Å²) in [7, 11) is 0. The number of rotatable bonds is 7. The standard InChI is InChI=1S/C24H23N3O5/c1-3-12-26-19-14-16(10-11-20(19)32-15(2)22(26)29)25-21(28)9-6-13-27-23(30)17-7-4-5-8-18(17)24(27)31/h3-5,7-8,10-11,14-15H,1,6,9,12-13H2,2H3,(H,25,28). The number of carbonyl (C=O) groups is 4. The van der Waals surface area contributed by atoms with Crippen LogP contribution in [0.15, 0.2) is 55.1 Å². The topological polar surface area (TPSA) is 96.0 Å². The van der Waals surface area contributed by atoms with Crippen LogP contribution < -0.4 is 15.0 Å². The summed E-state index contributed by atoms with van der Waals surface area (Å²) in [6.45, 7) is 5.87. The molecule has 1 atom stereocenters. The first-order valence-corrected chi connectivity index (χ1v) is 10.4. The molecule has 4 amide bonds. The molecule has 0 saturated heterocycles. The van der Waals surface area contributed by atoms with Crippen molar-refractivity contribution < 1.29 is 23.9 Å². The van der Waals surface area contributed by atoms with Gasteiger partial charge in [-0.15, -0.1) is 6.58 Å². The molecule has 8 nitrogen and oxygen atoms in total. The molecule has 0 radical (unpaired) electrons. The Morgan fingerprint density at radius 2 is 1.78 bits per heavy atom. The maximum Gasteiger partial charge on any atom is 0.268 e. The van der Waals surface area contributed by atoms with Crippen LogP contribution in [0.4, 0.5) is 11.4 Å². The first-order chi connectivity index (χ1) is 15.4. The molecule has 2 aromatic carbocycles. The monoisotopic (exact) mass is 433 g/mol. The Hall–Kier alpha value is -3.94. The number of hydrogen-bond donors (Lipinski definition) is 1. The lowest BCUT2D eigenvalue weighted by molar-refractivity contribution is -0.125. The second-order valence-corrected chi connectivity index (χ2v) is 7.64. The van der Waals surface area contributed by atoms with E-state index in [4.69, 9.17) is 4.74 Å². The number of anilines is 2. The van der Waals surface area contributed by atoms with Crippen LogP contribution in [0.1, 0.15) is 40.5 Å². The van der Waals surface area contributed by atoms with E-state index in [2.05, 4.69) is 11.9 Å². The van der Waals surface area contributed by atoms with Gasteiger partial charge in [-0.25, -0.2) is 0 Å². The molecule has 1 N–H and O–H groups in total. The normalized spacial score (nSPS) is 17.0. The predicted octanol–water partition coefficient (Wildman–Crippen LogP) is 3.00. The third kappa shape index (κ3) is 3.87. The van der Waals surface area contributed by atoms with Crippen LogP contribution in [0.3, 0.4) is 0 Å². The quantitative estimate of drug-likeness (QED) is 0.535. The molecule has 0 fully saturated rings. The minimum atomic E-state index is -0.593. The van der Waals surface area contributed by atoms with E-state index in [9.17, 15) is 19.2 Å². The van der Waals surface area contributed by atoms with Crippen LogP contribution in [0, 0.1) is 0 Å². The van der Waals surface area contributed by atoms with Crippen LogP contribution in [0.25, 0.3) is 0 Å². The predicted molar refractivity (Wildman–Crippen MR) is 119 cm³/mol. The summed E-state index contributed by atoms with van der Waals surface area (Å²) in [6.07, 6.45) is 1.51. The molecule has 4 rings (SSSR count). The Balaban J connectivity index is 1.36. The molecule has 0 spiro atoms. The summed E-state index contributed by atoms with van der Waals surface area (Å²) < 4.78 is 5.64. The first kappa shape index (κ1) is 21.3. The summed E-state index contributed by atoms with van der Waals surface area (Å²) in [6, 6.07) is 11.8. The molecule has 0 bridgehead atoms. The number of ether oxygens (including phenoxy) is 1. The molecule has 2 aliphatic rings. The SMILES string of the molecule is C=CCN1C(=O)C(C)Oc2ccc(NC(=O)CCCN3C(=O)c4ccccc4C3=O)cc21. The van der Waals surface area contributed by atoms with Gasteiger partial charge in [-0.3, -0.25) is 24.1 Å². The highest BCUT2D eigenvalue weighted by molar-refractivity contribution is 6.21. The highest BCUT2D eigenvalue weighted by atomic mass is 16.5. The van der Waals surface area contributed by atoms with Gasteiger partial charge in [0.25, 0.3) is 17.7 Å². The smallest absolute Gasteiger partial charge is 0.268 e. The molecule has 164 valence electrons.